The molecular formula is C31H28F8N4O4. The monoisotopic (exact) mass is 672 g/mol. The molecule has 0 bridgehead atoms. The van der Waals surface area contributed by atoms with Gasteiger partial charge in [0.1, 0.15) is 29.2 Å². The Balaban J connectivity index is 1.44. The molecule has 2 saturated heterocycles. The minimum Gasteiger partial charge on any atom is -0.497 e. The molecule has 2 fully saturated rings. The summed E-state index contributed by atoms with van der Waals surface area (Å²) < 4.78 is 119. The molecule has 0 unspecified atom stereocenters. The molecule has 8 nitrogen and oxygen atoms in total. The molecule has 0 aliphatic carbocycles. The fourth-order valence-electron chi connectivity index (χ4n) is 5.89. The molecule has 2 aliphatic rings. The van der Waals surface area contributed by atoms with Gasteiger partial charge in [0.05, 0.1) is 13.7 Å². The second-order valence-electron chi connectivity index (χ2n) is 11.1. The van der Waals surface area contributed by atoms with E-state index in [4.69, 9.17) is 4.74 Å². The number of pyridine rings is 1. The third kappa shape index (κ3) is 7.75. The summed E-state index contributed by atoms with van der Waals surface area (Å²) in [5.41, 5.74) is -0.366. The number of nitrogens with one attached hydrogen (secondary N) is 1. The van der Waals surface area contributed by atoms with Gasteiger partial charge in [0.25, 0.3) is 11.8 Å². The molecule has 0 spiro atoms. The molecule has 2 atom stereocenters. The zero-order valence-corrected chi connectivity index (χ0v) is 24.7. The van der Waals surface area contributed by atoms with Gasteiger partial charge in [0, 0.05) is 47.3 Å². The van der Waals surface area contributed by atoms with Crippen molar-refractivity contribution in [3.63, 3.8) is 0 Å². The highest BCUT2D eigenvalue weighted by molar-refractivity contribution is 6.04. The first-order valence-corrected chi connectivity index (χ1v) is 14.4. The highest BCUT2D eigenvalue weighted by Crippen LogP contribution is 2.38. The predicted octanol–water partition coefficient (Wildman–Crippen LogP) is 5.78. The maximum Gasteiger partial charge on any atom is 0.401 e. The van der Waals surface area contributed by atoms with Gasteiger partial charge in [0.2, 0.25) is 0 Å². The van der Waals surface area contributed by atoms with E-state index >= 15 is 13.2 Å². The lowest BCUT2D eigenvalue weighted by molar-refractivity contribution is -0.148. The van der Waals surface area contributed by atoms with Gasteiger partial charge in [-0.05, 0) is 62.3 Å². The van der Waals surface area contributed by atoms with Gasteiger partial charge in [-0.3, -0.25) is 19.4 Å². The van der Waals surface area contributed by atoms with E-state index in [9.17, 15) is 31.5 Å². The minimum absolute atomic E-state index is 0.101. The van der Waals surface area contributed by atoms with Crippen molar-refractivity contribution >= 4 is 17.6 Å². The van der Waals surface area contributed by atoms with Crippen LogP contribution in [0.5, 0.6) is 11.5 Å². The first-order chi connectivity index (χ1) is 22.2. The number of anilines is 1. The number of methoxy groups -OCH3 is 1. The van der Waals surface area contributed by atoms with Crippen LogP contribution in [0.2, 0.25) is 0 Å². The maximum absolute atomic E-state index is 15.3. The number of hydrogen-bond donors (Lipinski definition) is 1. The molecule has 252 valence electrons. The van der Waals surface area contributed by atoms with E-state index in [1.54, 1.807) is 0 Å². The Morgan fingerprint density at radius 1 is 0.979 bits per heavy atom. The Kier molecular flexibility index (Phi) is 9.89. The van der Waals surface area contributed by atoms with E-state index < -0.39 is 78.5 Å². The Hall–Kier alpha value is -4.47. The molecule has 1 N–H and O–H groups in total. The third-order valence-electron chi connectivity index (χ3n) is 8.11. The number of benzene rings is 2. The molecule has 2 amide bonds. The number of carbonyl (C=O) groups is 2. The van der Waals surface area contributed by atoms with Gasteiger partial charge in [-0.1, -0.05) is 0 Å². The SMILES string of the molecule is COc1cc(F)c([C@@H]2CN(c3nc(C4CCN(CC(F)(F)F)CC4)ccc3F)C(=O)[C@H]2NC(=O)c2ccc(OC(F)F)cc2)c(F)c1. The summed E-state index contributed by atoms with van der Waals surface area (Å²) in [6, 6.07) is 7.00. The van der Waals surface area contributed by atoms with Gasteiger partial charge in [-0.15, -0.1) is 0 Å². The van der Waals surface area contributed by atoms with E-state index in [-0.39, 0.29) is 48.9 Å². The number of hydrogen-bond acceptors (Lipinski definition) is 6. The van der Waals surface area contributed by atoms with Crippen LogP contribution >= 0.6 is 0 Å². The predicted molar refractivity (Wildman–Crippen MR) is 151 cm³/mol. The average Bonchev–Trinajstić information content (AvgIpc) is 3.31. The lowest BCUT2D eigenvalue weighted by Crippen LogP contribution is -2.44. The average molecular weight is 673 g/mol. The van der Waals surface area contributed by atoms with E-state index in [2.05, 4.69) is 15.0 Å². The van der Waals surface area contributed by atoms with Crippen LogP contribution in [0.25, 0.3) is 0 Å². The second-order valence-corrected chi connectivity index (χ2v) is 11.1. The zero-order chi connectivity index (χ0) is 34.0. The summed E-state index contributed by atoms with van der Waals surface area (Å²) in [6.45, 7) is -4.46. The Morgan fingerprint density at radius 3 is 2.19 bits per heavy atom. The number of nitrogens with zero attached hydrogens (tertiary/aromatic N) is 3. The number of rotatable bonds is 9. The van der Waals surface area contributed by atoms with Crippen LogP contribution in [0.1, 0.15) is 46.3 Å². The Labute approximate surface area is 263 Å². The highest BCUT2D eigenvalue weighted by Gasteiger charge is 2.46. The molecule has 0 saturated carbocycles. The lowest BCUT2D eigenvalue weighted by atomic mass is 9.92. The van der Waals surface area contributed by atoms with Crippen molar-refractivity contribution in [2.24, 2.45) is 0 Å². The molecular weight excluding hydrogens is 644 g/mol. The molecule has 1 aromatic heterocycles. The fourth-order valence-corrected chi connectivity index (χ4v) is 5.89. The van der Waals surface area contributed by atoms with Crippen LogP contribution in [0.15, 0.2) is 48.5 Å². The van der Waals surface area contributed by atoms with Gasteiger partial charge in [-0.2, -0.15) is 22.0 Å². The normalized spacial score (nSPS) is 19.4. The first-order valence-electron chi connectivity index (χ1n) is 14.4. The summed E-state index contributed by atoms with van der Waals surface area (Å²) in [6.07, 6.45) is -3.79. The van der Waals surface area contributed by atoms with Gasteiger partial charge in [-0.25, -0.2) is 18.2 Å². The molecule has 2 aromatic carbocycles. The number of likely N-dealkylation sites (tertiary alicyclic amines) is 1. The Morgan fingerprint density at radius 2 is 1.62 bits per heavy atom. The summed E-state index contributed by atoms with van der Waals surface area (Å²) in [7, 11) is 1.19. The van der Waals surface area contributed by atoms with Crippen LogP contribution in [0.3, 0.4) is 0 Å². The summed E-state index contributed by atoms with van der Waals surface area (Å²) in [4.78, 5) is 33.4. The van der Waals surface area contributed by atoms with E-state index in [0.717, 1.165) is 47.4 Å². The maximum atomic E-state index is 15.3. The summed E-state index contributed by atoms with van der Waals surface area (Å²) in [5, 5.41) is 2.43. The molecule has 3 heterocycles. The topological polar surface area (TPSA) is 84.0 Å². The number of carbonyl (C=O) groups excluding carboxylic acids is 2. The third-order valence-corrected chi connectivity index (χ3v) is 8.11. The smallest absolute Gasteiger partial charge is 0.401 e. The van der Waals surface area contributed by atoms with Crippen LogP contribution in [-0.2, 0) is 4.79 Å². The largest absolute Gasteiger partial charge is 0.497 e. The molecule has 0 radical (unpaired) electrons. The molecule has 47 heavy (non-hydrogen) atoms. The van der Waals surface area contributed by atoms with Crippen LogP contribution in [-0.4, -0.2) is 73.8 Å². The quantitative estimate of drug-likeness (QED) is 0.291. The van der Waals surface area contributed by atoms with E-state index in [1.807, 2.05) is 0 Å². The van der Waals surface area contributed by atoms with Crippen LogP contribution < -0.4 is 19.7 Å². The lowest BCUT2D eigenvalue weighted by Gasteiger charge is -2.32. The van der Waals surface area contributed by atoms with Crippen molar-refractivity contribution in [3.05, 3.63) is 82.8 Å². The number of amides is 2. The van der Waals surface area contributed by atoms with E-state index in [0.29, 0.717) is 5.69 Å². The Bertz CT molecular complexity index is 1590. The number of halogens is 8. The van der Waals surface area contributed by atoms with Gasteiger partial charge >= 0.3 is 12.8 Å². The van der Waals surface area contributed by atoms with Crippen molar-refractivity contribution in [2.45, 2.75) is 43.5 Å². The molecule has 16 heteroatoms. The van der Waals surface area contributed by atoms with Crippen LogP contribution in [0.4, 0.5) is 40.9 Å². The summed E-state index contributed by atoms with van der Waals surface area (Å²) >= 11 is 0. The van der Waals surface area contributed by atoms with Crippen molar-refractivity contribution in [2.75, 3.05) is 38.2 Å². The number of aromatic nitrogens is 1. The summed E-state index contributed by atoms with van der Waals surface area (Å²) in [5.74, 6) is -7.61. The molecule has 2 aliphatic heterocycles. The van der Waals surface area contributed by atoms with Gasteiger partial charge < -0.3 is 14.8 Å². The number of piperidine rings is 1. The van der Waals surface area contributed by atoms with Crippen molar-refractivity contribution in [3.8, 4) is 11.5 Å². The number of alkyl halides is 5. The molecule has 5 rings (SSSR count). The van der Waals surface area contributed by atoms with Crippen molar-refractivity contribution in [1.82, 2.24) is 15.2 Å². The molecule has 3 aromatic rings. The fraction of sp³-hybridized carbons (Fsp3) is 0.387. The zero-order valence-electron chi connectivity index (χ0n) is 24.7. The van der Waals surface area contributed by atoms with Crippen LogP contribution in [0, 0.1) is 17.5 Å². The van der Waals surface area contributed by atoms with Crippen molar-refractivity contribution in [1.29, 1.82) is 0 Å². The second kappa shape index (κ2) is 13.7. The standard InChI is InChI=1S/C31H28F8N4O4/c1-46-19-12-22(33)25(23(34)13-19)20-14-43(29(45)26(20)41-28(44)17-2-4-18(5-3-17)47-30(35)36)27-21(32)6-7-24(40-27)16-8-10-42(11-9-16)15-31(37,38)39/h2-7,12-13,16,20,26,30H,8-11,14-15H2,1H3,(H,41,44)/t20-,26-/m0/s1. The minimum atomic E-state index is -4.36. The highest BCUT2D eigenvalue weighted by atomic mass is 19.4. The van der Waals surface area contributed by atoms with E-state index in [1.165, 1.54) is 18.1 Å². The number of ether oxygens (including phenoxy) is 2. The van der Waals surface area contributed by atoms with Crippen molar-refractivity contribution < 1.29 is 54.2 Å². The van der Waals surface area contributed by atoms with Gasteiger partial charge in [0.15, 0.2) is 11.6 Å². The first kappa shape index (κ1) is 33.9.